The summed E-state index contributed by atoms with van der Waals surface area (Å²) in [6.07, 6.45) is -1.62. The van der Waals surface area contributed by atoms with Gasteiger partial charge in [0, 0.05) is 6.54 Å². The van der Waals surface area contributed by atoms with Gasteiger partial charge in [0.1, 0.15) is 6.04 Å². The molecule has 0 saturated carbocycles. The summed E-state index contributed by atoms with van der Waals surface area (Å²) in [5.41, 5.74) is 11.1. The van der Waals surface area contributed by atoms with E-state index < -0.39 is 30.2 Å². The molecule has 1 heterocycles. The monoisotopic (exact) mass is 357 g/mol. The maximum Gasteiger partial charge on any atom is 0.490 e. The van der Waals surface area contributed by atoms with E-state index in [2.05, 4.69) is 0 Å². The second kappa shape index (κ2) is 10.1. The predicted octanol–water partition coefficient (Wildman–Crippen LogP) is 0.152. The summed E-state index contributed by atoms with van der Waals surface area (Å²) < 4.78 is 31.7. The molecule has 1 aliphatic rings. The fourth-order valence-electron chi connectivity index (χ4n) is 2.13. The van der Waals surface area contributed by atoms with Crippen molar-refractivity contribution in [3.8, 4) is 0 Å². The van der Waals surface area contributed by atoms with Crippen molar-refractivity contribution in [3.63, 3.8) is 0 Å². The Bertz CT molecular complexity index is 445. The highest BCUT2D eigenvalue weighted by Gasteiger charge is 2.38. The quantitative estimate of drug-likeness (QED) is 0.495. The summed E-state index contributed by atoms with van der Waals surface area (Å²) in [6.45, 7) is 1.09. The van der Waals surface area contributed by atoms with E-state index >= 15 is 0 Å². The summed E-state index contributed by atoms with van der Waals surface area (Å²) in [5.74, 6) is -3.94. The first-order valence-corrected chi connectivity index (χ1v) is 7.31. The van der Waals surface area contributed by atoms with E-state index in [4.69, 9.17) is 26.5 Å². The van der Waals surface area contributed by atoms with Crippen LogP contribution in [0.1, 0.15) is 32.1 Å². The van der Waals surface area contributed by atoms with Crippen molar-refractivity contribution in [1.82, 2.24) is 4.90 Å². The lowest BCUT2D eigenvalue weighted by Crippen LogP contribution is -2.48. The molecular formula is C13H22F3N3O5. The smallest absolute Gasteiger partial charge is 0.480 e. The largest absolute Gasteiger partial charge is 0.490 e. The van der Waals surface area contributed by atoms with Crippen LogP contribution in [0.4, 0.5) is 13.2 Å². The van der Waals surface area contributed by atoms with Gasteiger partial charge in [0.2, 0.25) is 5.91 Å². The number of aliphatic carboxylic acids is 2. The first kappa shape index (κ1) is 22.1. The highest BCUT2D eigenvalue weighted by Crippen LogP contribution is 2.19. The topological polar surface area (TPSA) is 147 Å². The fraction of sp³-hybridized carbons (Fsp3) is 0.769. The van der Waals surface area contributed by atoms with Crippen LogP contribution in [0.25, 0.3) is 0 Å². The van der Waals surface area contributed by atoms with Crippen LogP contribution in [-0.2, 0) is 14.4 Å². The molecule has 1 fully saturated rings. The second-order valence-electron chi connectivity index (χ2n) is 5.22. The van der Waals surface area contributed by atoms with Crippen LogP contribution in [-0.4, -0.2) is 64.3 Å². The van der Waals surface area contributed by atoms with Gasteiger partial charge >= 0.3 is 18.1 Å². The molecule has 0 aromatic rings. The van der Waals surface area contributed by atoms with Crippen molar-refractivity contribution >= 4 is 17.8 Å². The van der Waals surface area contributed by atoms with Gasteiger partial charge in [-0.3, -0.25) is 4.79 Å². The fourth-order valence-corrected chi connectivity index (χ4v) is 2.13. The van der Waals surface area contributed by atoms with E-state index in [1.54, 1.807) is 0 Å². The number of hydrogen-bond donors (Lipinski definition) is 4. The highest BCUT2D eigenvalue weighted by molar-refractivity contribution is 5.87. The number of likely N-dealkylation sites (tertiary alicyclic amines) is 1. The van der Waals surface area contributed by atoms with Crippen molar-refractivity contribution in [1.29, 1.82) is 0 Å². The molecule has 6 N–H and O–H groups in total. The SMILES string of the molecule is NCCCC[C@H](N)C(=O)N1CCC[C@@H]1C(=O)O.O=C(O)C(F)(F)F. The molecule has 1 aliphatic heterocycles. The lowest BCUT2D eigenvalue weighted by molar-refractivity contribution is -0.192. The summed E-state index contributed by atoms with van der Waals surface area (Å²) >= 11 is 0. The minimum absolute atomic E-state index is 0.244. The third-order valence-corrected chi connectivity index (χ3v) is 3.35. The number of halogens is 3. The van der Waals surface area contributed by atoms with Gasteiger partial charge < -0.3 is 26.6 Å². The van der Waals surface area contributed by atoms with Crippen molar-refractivity contribution < 1.29 is 37.8 Å². The van der Waals surface area contributed by atoms with Crippen molar-refractivity contribution in [2.45, 2.75) is 50.4 Å². The van der Waals surface area contributed by atoms with E-state index in [-0.39, 0.29) is 5.91 Å². The summed E-state index contributed by atoms with van der Waals surface area (Å²) in [5, 5.41) is 16.1. The molecule has 8 nitrogen and oxygen atoms in total. The number of carboxylic acids is 2. The van der Waals surface area contributed by atoms with Crippen LogP contribution in [0.15, 0.2) is 0 Å². The van der Waals surface area contributed by atoms with Crippen LogP contribution in [0.2, 0.25) is 0 Å². The zero-order valence-corrected chi connectivity index (χ0v) is 13.0. The van der Waals surface area contributed by atoms with Crippen LogP contribution >= 0.6 is 0 Å². The Hall–Kier alpha value is -1.88. The number of amides is 1. The molecule has 0 aromatic carbocycles. The third-order valence-electron chi connectivity index (χ3n) is 3.35. The number of hydrogen-bond acceptors (Lipinski definition) is 5. The molecule has 0 spiro atoms. The van der Waals surface area contributed by atoms with Crippen molar-refractivity contribution in [3.05, 3.63) is 0 Å². The van der Waals surface area contributed by atoms with Crippen LogP contribution in [0.3, 0.4) is 0 Å². The molecule has 1 amide bonds. The molecule has 24 heavy (non-hydrogen) atoms. The number of unbranched alkanes of at least 4 members (excludes halogenated alkanes) is 1. The molecule has 2 atom stereocenters. The minimum atomic E-state index is -5.08. The number of nitrogens with two attached hydrogens (primary N) is 2. The summed E-state index contributed by atoms with van der Waals surface area (Å²) in [4.78, 5) is 33.2. The third kappa shape index (κ3) is 7.59. The predicted molar refractivity (Wildman–Crippen MR) is 76.9 cm³/mol. The van der Waals surface area contributed by atoms with E-state index in [1.165, 1.54) is 4.90 Å². The molecule has 0 bridgehead atoms. The Morgan fingerprint density at radius 1 is 1.21 bits per heavy atom. The standard InChI is InChI=1S/C11H21N3O3.C2HF3O2/c12-6-2-1-4-8(13)10(15)14-7-3-5-9(14)11(16)17;3-2(4,5)1(6)7/h8-9H,1-7,12-13H2,(H,16,17);(H,6,7)/t8-,9+;/m0./s1. The van der Waals surface area contributed by atoms with Crippen LogP contribution in [0.5, 0.6) is 0 Å². The average Bonchev–Trinajstić information content (AvgIpc) is 2.95. The number of alkyl halides is 3. The Balaban J connectivity index is 0.000000640. The molecule has 0 radical (unpaired) electrons. The maximum atomic E-state index is 12.0. The van der Waals surface area contributed by atoms with Gasteiger partial charge in [0.05, 0.1) is 6.04 Å². The normalized spacial score (nSPS) is 18.5. The highest BCUT2D eigenvalue weighted by atomic mass is 19.4. The number of carboxylic acid groups (broad SMARTS) is 2. The van der Waals surface area contributed by atoms with Gasteiger partial charge in [-0.1, -0.05) is 6.42 Å². The van der Waals surface area contributed by atoms with Crippen molar-refractivity contribution in [2.75, 3.05) is 13.1 Å². The van der Waals surface area contributed by atoms with Gasteiger partial charge in [-0.05, 0) is 32.2 Å². The Morgan fingerprint density at radius 3 is 2.17 bits per heavy atom. The van der Waals surface area contributed by atoms with Crippen LogP contribution < -0.4 is 11.5 Å². The minimum Gasteiger partial charge on any atom is -0.480 e. The molecule has 0 unspecified atom stereocenters. The average molecular weight is 357 g/mol. The Labute approximate surface area is 136 Å². The van der Waals surface area contributed by atoms with E-state index in [0.717, 1.165) is 19.3 Å². The molecule has 140 valence electrons. The second-order valence-corrected chi connectivity index (χ2v) is 5.22. The van der Waals surface area contributed by atoms with Crippen LogP contribution in [0, 0.1) is 0 Å². The summed E-state index contributed by atoms with van der Waals surface area (Å²) in [7, 11) is 0. The zero-order valence-electron chi connectivity index (χ0n) is 13.0. The van der Waals surface area contributed by atoms with Gasteiger partial charge in [0.25, 0.3) is 0 Å². The van der Waals surface area contributed by atoms with Gasteiger partial charge in [-0.2, -0.15) is 13.2 Å². The first-order chi connectivity index (χ1) is 11.0. The van der Waals surface area contributed by atoms with Gasteiger partial charge in [-0.25, -0.2) is 9.59 Å². The lowest BCUT2D eigenvalue weighted by Gasteiger charge is -2.24. The number of rotatable bonds is 6. The lowest BCUT2D eigenvalue weighted by atomic mass is 10.1. The molecule has 1 saturated heterocycles. The number of carbonyl (C=O) groups excluding carboxylic acids is 1. The molecule has 1 rings (SSSR count). The molecule has 0 aliphatic carbocycles. The number of nitrogens with zero attached hydrogens (tertiary/aromatic N) is 1. The summed E-state index contributed by atoms with van der Waals surface area (Å²) in [6, 6.07) is -1.29. The Kier molecular flexibility index (Phi) is 9.29. The van der Waals surface area contributed by atoms with E-state index in [1.807, 2.05) is 0 Å². The molecular weight excluding hydrogens is 335 g/mol. The number of carbonyl (C=O) groups is 3. The van der Waals surface area contributed by atoms with Gasteiger partial charge in [0.15, 0.2) is 0 Å². The maximum absolute atomic E-state index is 12.0. The van der Waals surface area contributed by atoms with Gasteiger partial charge in [-0.15, -0.1) is 0 Å². The molecule has 0 aromatic heterocycles. The van der Waals surface area contributed by atoms with E-state index in [9.17, 15) is 22.8 Å². The zero-order chi connectivity index (χ0) is 18.9. The first-order valence-electron chi connectivity index (χ1n) is 7.31. The molecule has 11 heteroatoms. The van der Waals surface area contributed by atoms with Crippen molar-refractivity contribution in [2.24, 2.45) is 11.5 Å². The Morgan fingerprint density at radius 2 is 1.75 bits per heavy atom. The van der Waals surface area contributed by atoms with E-state index in [0.29, 0.717) is 25.9 Å².